The van der Waals surface area contributed by atoms with E-state index in [2.05, 4.69) is 4.98 Å². The van der Waals surface area contributed by atoms with E-state index in [1.807, 2.05) is 0 Å². The van der Waals surface area contributed by atoms with Gasteiger partial charge in [-0.2, -0.15) is 22.5 Å². The summed E-state index contributed by atoms with van der Waals surface area (Å²) in [6.07, 6.45) is 0. The lowest BCUT2D eigenvalue weighted by Gasteiger charge is -2.12. The van der Waals surface area contributed by atoms with Crippen LogP contribution in [0.25, 0.3) is 0 Å². The number of nitrogens with zero attached hydrogens (tertiary/aromatic N) is 2. The van der Waals surface area contributed by atoms with Crippen molar-refractivity contribution in [2.45, 2.75) is 4.90 Å². The van der Waals surface area contributed by atoms with Crippen LogP contribution in [0.15, 0.2) is 29.2 Å². The Labute approximate surface area is 129 Å². The highest BCUT2D eigenvalue weighted by Crippen LogP contribution is 2.30. The van der Waals surface area contributed by atoms with E-state index in [1.54, 1.807) is 0 Å². The van der Waals surface area contributed by atoms with Gasteiger partial charge in [-0.05, 0) is 24.3 Å². The Morgan fingerprint density at radius 3 is 1.87 bits per heavy atom. The van der Waals surface area contributed by atoms with Gasteiger partial charge in [0, 0.05) is 14.1 Å². The van der Waals surface area contributed by atoms with Crippen molar-refractivity contribution < 1.29 is 30.7 Å². The molecular formula is C13H10F4N2O3S. The van der Waals surface area contributed by atoms with Crippen LogP contribution in [0, 0.1) is 23.5 Å². The van der Waals surface area contributed by atoms with E-state index in [1.165, 1.54) is 14.1 Å². The average Bonchev–Trinajstić information content (AvgIpc) is 2.50. The normalized spacial score (nSPS) is 11.8. The van der Waals surface area contributed by atoms with Gasteiger partial charge in [0.15, 0.2) is 0 Å². The molecule has 0 amide bonds. The van der Waals surface area contributed by atoms with Crippen molar-refractivity contribution in [3.05, 3.63) is 47.8 Å². The summed E-state index contributed by atoms with van der Waals surface area (Å²) < 4.78 is 82.2. The first kappa shape index (κ1) is 17.2. The van der Waals surface area contributed by atoms with E-state index in [0.29, 0.717) is 0 Å². The highest BCUT2D eigenvalue weighted by atomic mass is 32.2. The molecule has 23 heavy (non-hydrogen) atoms. The van der Waals surface area contributed by atoms with Gasteiger partial charge in [-0.3, -0.25) is 0 Å². The van der Waals surface area contributed by atoms with Crippen LogP contribution in [0.4, 0.5) is 17.6 Å². The molecule has 1 aromatic carbocycles. The smallest absolute Gasteiger partial charge is 0.255 e. The van der Waals surface area contributed by atoms with Gasteiger partial charge in [0.05, 0.1) is 4.90 Å². The van der Waals surface area contributed by atoms with Crippen LogP contribution in [0.1, 0.15) is 0 Å². The molecule has 0 fully saturated rings. The first-order chi connectivity index (χ1) is 10.6. The zero-order valence-electron chi connectivity index (χ0n) is 11.8. The molecule has 0 atom stereocenters. The summed E-state index contributed by atoms with van der Waals surface area (Å²) in [5.41, 5.74) is 0. The molecule has 0 N–H and O–H groups in total. The molecule has 0 saturated carbocycles. The van der Waals surface area contributed by atoms with Gasteiger partial charge in [-0.1, -0.05) is 0 Å². The fourth-order valence-electron chi connectivity index (χ4n) is 1.57. The number of ether oxygens (including phenoxy) is 1. The highest BCUT2D eigenvalue weighted by Gasteiger charge is 2.23. The summed E-state index contributed by atoms with van der Waals surface area (Å²) in [6, 6.07) is 4.42. The first-order valence-electron chi connectivity index (χ1n) is 6.05. The predicted octanol–water partition coefficient (Wildman–Crippen LogP) is 2.68. The Bertz CT molecular complexity index is 813. The molecule has 1 aromatic heterocycles. The second-order valence-corrected chi connectivity index (χ2v) is 6.66. The van der Waals surface area contributed by atoms with Crippen molar-refractivity contribution >= 4 is 10.0 Å². The number of halogens is 4. The van der Waals surface area contributed by atoms with E-state index in [0.717, 1.165) is 28.6 Å². The monoisotopic (exact) mass is 350 g/mol. The molecule has 10 heteroatoms. The largest absolute Gasteiger partial charge is 0.451 e. The molecule has 0 aliphatic rings. The lowest BCUT2D eigenvalue weighted by molar-refractivity contribution is 0.343. The van der Waals surface area contributed by atoms with E-state index in [4.69, 9.17) is 4.74 Å². The Morgan fingerprint density at radius 2 is 1.43 bits per heavy atom. The summed E-state index contributed by atoms with van der Waals surface area (Å²) in [7, 11) is -1.04. The molecule has 0 radical (unpaired) electrons. The van der Waals surface area contributed by atoms with E-state index in [-0.39, 0.29) is 10.6 Å². The zero-order valence-corrected chi connectivity index (χ0v) is 12.7. The van der Waals surface area contributed by atoms with Crippen molar-refractivity contribution in [1.82, 2.24) is 9.29 Å². The van der Waals surface area contributed by atoms with Crippen molar-refractivity contribution in [1.29, 1.82) is 0 Å². The minimum Gasteiger partial charge on any atom is -0.451 e. The number of hydrogen-bond donors (Lipinski definition) is 0. The van der Waals surface area contributed by atoms with Crippen molar-refractivity contribution in [3.8, 4) is 11.5 Å². The summed E-state index contributed by atoms with van der Waals surface area (Å²) in [4.78, 5) is 2.30. The van der Waals surface area contributed by atoms with Gasteiger partial charge in [-0.25, -0.2) is 12.7 Å². The van der Waals surface area contributed by atoms with Gasteiger partial charge in [0.25, 0.3) is 11.9 Å². The van der Waals surface area contributed by atoms with Crippen LogP contribution in [-0.4, -0.2) is 31.8 Å². The number of benzene rings is 1. The fourth-order valence-corrected chi connectivity index (χ4v) is 2.47. The molecule has 124 valence electrons. The molecule has 2 aromatic rings. The minimum atomic E-state index is -3.70. The molecule has 1 heterocycles. The molecule has 0 aliphatic carbocycles. The van der Waals surface area contributed by atoms with E-state index >= 15 is 0 Å². The second-order valence-electron chi connectivity index (χ2n) is 4.51. The van der Waals surface area contributed by atoms with Gasteiger partial charge in [-0.15, -0.1) is 0 Å². The van der Waals surface area contributed by atoms with Crippen LogP contribution < -0.4 is 4.74 Å². The maximum absolute atomic E-state index is 13.4. The lowest BCUT2D eigenvalue weighted by Crippen LogP contribution is -2.22. The van der Waals surface area contributed by atoms with Crippen LogP contribution >= 0.6 is 0 Å². The Balaban J connectivity index is 2.37. The molecule has 2 rings (SSSR count). The minimum absolute atomic E-state index is 0.0946. The third-order valence-electron chi connectivity index (χ3n) is 2.78. The topological polar surface area (TPSA) is 59.5 Å². The molecule has 5 nitrogen and oxygen atoms in total. The summed E-state index contributed by atoms with van der Waals surface area (Å²) in [6.45, 7) is 0. The Hall–Kier alpha value is -2.20. The molecule has 0 aliphatic heterocycles. The van der Waals surface area contributed by atoms with Crippen LogP contribution in [0.5, 0.6) is 11.5 Å². The SMILES string of the molecule is CN(C)S(=O)(=O)c1ccc(Oc2c(F)c(F)nc(F)c2F)cc1. The summed E-state index contributed by atoms with van der Waals surface area (Å²) in [5, 5.41) is 0. The quantitative estimate of drug-likeness (QED) is 0.628. The second kappa shape index (κ2) is 6.13. The Kier molecular flexibility index (Phi) is 4.57. The average molecular weight is 350 g/mol. The number of rotatable bonds is 4. The van der Waals surface area contributed by atoms with Crippen LogP contribution in [0.3, 0.4) is 0 Å². The van der Waals surface area contributed by atoms with Crippen molar-refractivity contribution in [2.24, 2.45) is 0 Å². The lowest BCUT2D eigenvalue weighted by atomic mass is 10.3. The zero-order chi connectivity index (χ0) is 17.4. The maximum atomic E-state index is 13.4. The number of aromatic nitrogens is 1. The summed E-state index contributed by atoms with van der Waals surface area (Å²) >= 11 is 0. The number of hydrogen-bond acceptors (Lipinski definition) is 4. The van der Waals surface area contributed by atoms with Gasteiger partial charge in [0.1, 0.15) is 5.75 Å². The van der Waals surface area contributed by atoms with E-state index < -0.39 is 39.3 Å². The fraction of sp³-hybridized carbons (Fsp3) is 0.154. The third-order valence-corrected chi connectivity index (χ3v) is 4.61. The third kappa shape index (κ3) is 3.27. The predicted molar refractivity (Wildman–Crippen MR) is 71.5 cm³/mol. The molecule has 0 unspecified atom stereocenters. The van der Waals surface area contributed by atoms with Crippen molar-refractivity contribution in [3.63, 3.8) is 0 Å². The number of sulfonamides is 1. The highest BCUT2D eigenvalue weighted by molar-refractivity contribution is 7.89. The Morgan fingerprint density at radius 1 is 0.957 bits per heavy atom. The molecular weight excluding hydrogens is 340 g/mol. The van der Waals surface area contributed by atoms with Crippen LogP contribution in [0.2, 0.25) is 0 Å². The van der Waals surface area contributed by atoms with Gasteiger partial charge in [0.2, 0.25) is 27.4 Å². The standard InChI is InChI=1S/C13H10F4N2O3S/c1-19(2)23(20,21)8-5-3-7(4-6-8)22-11-9(14)12(16)18-13(17)10(11)15/h3-6H,1-2H3. The van der Waals surface area contributed by atoms with Crippen LogP contribution in [-0.2, 0) is 10.0 Å². The first-order valence-corrected chi connectivity index (χ1v) is 7.49. The molecule has 0 bridgehead atoms. The number of pyridine rings is 1. The van der Waals surface area contributed by atoms with E-state index in [9.17, 15) is 26.0 Å². The van der Waals surface area contributed by atoms with Crippen molar-refractivity contribution in [2.75, 3.05) is 14.1 Å². The van der Waals surface area contributed by atoms with Gasteiger partial charge < -0.3 is 4.74 Å². The van der Waals surface area contributed by atoms with Gasteiger partial charge >= 0.3 is 0 Å². The maximum Gasteiger partial charge on any atom is 0.255 e. The molecule has 0 spiro atoms. The summed E-state index contributed by atoms with van der Waals surface area (Å²) in [5.74, 6) is -8.83. The molecule has 0 saturated heterocycles.